The third kappa shape index (κ3) is 2.19. The first-order valence-corrected chi connectivity index (χ1v) is 6.67. The highest BCUT2D eigenvalue weighted by Gasteiger charge is 2.16. The molecule has 2 aromatic carbocycles. The average molecular weight is 306 g/mol. The highest BCUT2D eigenvalue weighted by Crippen LogP contribution is 2.32. The Kier molecular flexibility index (Phi) is 3.22. The van der Waals surface area contributed by atoms with Gasteiger partial charge in [0, 0.05) is 11.1 Å². The topological polar surface area (TPSA) is 53.1 Å². The second-order valence-electron chi connectivity index (χ2n) is 4.71. The Morgan fingerprint density at radius 1 is 1.29 bits per heavy atom. The number of hydrogen-bond donors (Lipinski definition) is 1. The molecular formula is C15H13ClFN3O. The van der Waals surface area contributed by atoms with Crippen LogP contribution in [0.5, 0.6) is 5.75 Å². The van der Waals surface area contributed by atoms with Crippen LogP contribution in [0.3, 0.4) is 0 Å². The number of aromatic nitrogens is 2. The third-order valence-electron chi connectivity index (χ3n) is 3.34. The normalized spacial score (nSPS) is 11.0. The van der Waals surface area contributed by atoms with E-state index in [4.69, 9.17) is 22.1 Å². The summed E-state index contributed by atoms with van der Waals surface area (Å²) in [5, 5.41) is 0.547. The lowest BCUT2D eigenvalue weighted by Crippen LogP contribution is -2.03. The molecule has 2 N–H and O–H groups in total. The van der Waals surface area contributed by atoms with Gasteiger partial charge in [-0.25, -0.2) is 9.37 Å². The predicted molar refractivity (Wildman–Crippen MR) is 81.7 cm³/mol. The van der Waals surface area contributed by atoms with Crippen LogP contribution in [0.4, 0.5) is 10.3 Å². The van der Waals surface area contributed by atoms with Crippen molar-refractivity contribution in [3.05, 3.63) is 46.7 Å². The van der Waals surface area contributed by atoms with E-state index in [-0.39, 0.29) is 11.8 Å². The Bertz CT molecular complexity index is 845. The lowest BCUT2D eigenvalue weighted by Gasteiger charge is -2.12. The molecule has 4 nitrogen and oxygen atoms in total. The molecule has 0 spiro atoms. The summed E-state index contributed by atoms with van der Waals surface area (Å²) in [6.07, 6.45) is 0. The summed E-state index contributed by atoms with van der Waals surface area (Å²) in [7, 11) is 1.56. The number of nitrogens with two attached hydrogens (primary N) is 1. The minimum Gasteiger partial charge on any atom is -0.495 e. The monoisotopic (exact) mass is 305 g/mol. The van der Waals surface area contributed by atoms with Crippen molar-refractivity contribution in [2.24, 2.45) is 0 Å². The first kappa shape index (κ1) is 13.7. The number of ether oxygens (including phenoxy) is 1. The van der Waals surface area contributed by atoms with E-state index >= 15 is 0 Å². The zero-order valence-electron chi connectivity index (χ0n) is 11.5. The summed E-state index contributed by atoms with van der Waals surface area (Å²) in [6.45, 7) is 1.69. The molecule has 0 saturated carbocycles. The second-order valence-corrected chi connectivity index (χ2v) is 5.15. The summed E-state index contributed by atoms with van der Waals surface area (Å²) in [6, 6.07) is 8.28. The van der Waals surface area contributed by atoms with Crippen molar-refractivity contribution in [2.45, 2.75) is 6.92 Å². The van der Waals surface area contributed by atoms with Crippen molar-refractivity contribution in [1.82, 2.24) is 9.55 Å². The highest BCUT2D eigenvalue weighted by atomic mass is 35.5. The molecule has 0 saturated heterocycles. The van der Waals surface area contributed by atoms with Crippen LogP contribution >= 0.6 is 11.6 Å². The fourth-order valence-electron chi connectivity index (χ4n) is 2.31. The molecule has 0 fully saturated rings. The van der Waals surface area contributed by atoms with Crippen molar-refractivity contribution in [2.75, 3.05) is 12.8 Å². The van der Waals surface area contributed by atoms with E-state index < -0.39 is 0 Å². The molecule has 3 rings (SSSR count). The van der Waals surface area contributed by atoms with Gasteiger partial charge in [0.25, 0.3) is 0 Å². The van der Waals surface area contributed by atoms with Crippen LogP contribution < -0.4 is 10.5 Å². The molecule has 0 aliphatic rings. The van der Waals surface area contributed by atoms with E-state index in [2.05, 4.69) is 4.98 Å². The van der Waals surface area contributed by atoms with Crippen molar-refractivity contribution < 1.29 is 9.13 Å². The minimum absolute atomic E-state index is 0.246. The average Bonchev–Trinajstić information content (AvgIpc) is 2.74. The lowest BCUT2D eigenvalue weighted by molar-refractivity contribution is 0.413. The third-order valence-corrected chi connectivity index (χ3v) is 3.58. The molecule has 0 aliphatic carbocycles. The van der Waals surface area contributed by atoms with Crippen LogP contribution in [-0.2, 0) is 0 Å². The summed E-state index contributed by atoms with van der Waals surface area (Å²) < 4.78 is 20.7. The maximum Gasteiger partial charge on any atom is 0.206 e. The van der Waals surface area contributed by atoms with Gasteiger partial charge in [0.1, 0.15) is 11.6 Å². The van der Waals surface area contributed by atoms with Crippen LogP contribution in [0.15, 0.2) is 30.3 Å². The number of aryl methyl sites for hydroxylation is 1. The first-order valence-electron chi connectivity index (χ1n) is 6.29. The van der Waals surface area contributed by atoms with Crippen LogP contribution in [0.25, 0.3) is 16.7 Å². The molecule has 0 radical (unpaired) electrons. The smallest absolute Gasteiger partial charge is 0.206 e. The van der Waals surface area contributed by atoms with E-state index in [0.717, 1.165) is 0 Å². The van der Waals surface area contributed by atoms with Gasteiger partial charge in [-0.3, -0.25) is 4.57 Å². The van der Waals surface area contributed by atoms with Gasteiger partial charge < -0.3 is 10.5 Å². The van der Waals surface area contributed by atoms with Gasteiger partial charge in [0.15, 0.2) is 0 Å². The van der Waals surface area contributed by atoms with E-state index in [1.165, 1.54) is 6.07 Å². The Hall–Kier alpha value is -2.27. The number of nitrogens with zero attached hydrogens (tertiary/aromatic N) is 2. The highest BCUT2D eigenvalue weighted by molar-refractivity contribution is 6.30. The van der Waals surface area contributed by atoms with Gasteiger partial charge in [-0.05, 0) is 36.8 Å². The molecular weight excluding hydrogens is 293 g/mol. The van der Waals surface area contributed by atoms with Crippen LogP contribution in [0, 0.1) is 12.7 Å². The Morgan fingerprint density at radius 2 is 2.05 bits per heavy atom. The van der Waals surface area contributed by atoms with Crippen molar-refractivity contribution in [1.29, 1.82) is 0 Å². The number of fused-ring (bicyclic) bond motifs is 1. The molecule has 3 aromatic rings. The molecule has 1 aromatic heterocycles. The molecule has 6 heteroatoms. The quantitative estimate of drug-likeness (QED) is 0.785. The van der Waals surface area contributed by atoms with Crippen molar-refractivity contribution >= 4 is 28.6 Å². The van der Waals surface area contributed by atoms with Crippen LogP contribution in [-0.4, -0.2) is 16.7 Å². The molecule has 0 aliphatic heterocycles. The molecule has 108 valence electrons. The number of halogens is 2. The molecule has 0 unspecified atom stereocenters. The minimum atomic E-state index is -0.315. The standard InChI is InChI=1S/C15H13ClFN3O/c1-8-5-12-11(7-10(8)17)19-15(18)20(12)13-6-9(16)3-4-14(13)21-2/h3-7H,1-2H3,(H2,18,19). The van der Waals surface area contributed by atoms with Gasteiger partial charge in [-0.1, -0.05) is 11.6 Å². The van der Waals surface area contributed by atoms with E-state index in [1.807, 2.05) is 0 Å². The number of anilines is 1. The number of hydrogen-bond acceptors (Lipinski definition) is 3. The molecule has 0 bridgehead atoms. The summed E-state index contributed by atoms with van der Waals surface area (Å²) in [4.78, 5) is 4.20. The number of nitrogen functional groups attached to an aromatic ring is 1. The number of methoxy groups -OCH3 is 1. The van der Waals surface area contributed by atoms with E-state index in [1.54, 1.807) is 42.9 Å². The molecule has 0 amide bonds. The molecule has 0 atom stereocenters. The van der Waals surface area contributed by atoms with Crippen molar-refractivity contribution in [3.63, 3.8) is 0 Å². The fourth-order valence-corrected chi connectivity index (χ4v) is 2.48. The zero-order chi connectivity index (χ0) is 15.1. The Labute approximate surface area is 125 Å². The lowest BCUT2D eigenvalue weighted by atomic mass is 10.2. The summed E-state index contributed by atoms with van der Waals surface area (Å²) in [5.74, 6) is 0.535. The van der Waals surface area contributed by atoms with Gasteiger partial charge in [0.05, 0.1) is 23.8 Å². The Morgan fingerprint density at radius 3 is 2.76 bits per heavy atom. The maximum absolute atomic E-state index is 13.7. The maximum atomic E-state index is 13.7. The summed E-state index contributed by atoms with van der Waals surface area (Å²) in [5.41, 5.74) is 8.36. The number of benzene rings is 2. The predicted octanol–water partition coefficient (Wildman–Crippen LogP) is 3.72. The largest absolute Gasteiger partial charge is 0.495 e. The molecule has 21 heavy (non-hydrogen) atoms. The van der Waals surface area contributed by atoms with E-state index in [0.29, 0.717) is 33.1 Å². The number of rotatable bonds is 2. The second kappa shape index (κ2) is 4.93. The van der Waals surface area contributed by atoms with Gasteiger partial charge in [0.2, 0.25) is 5.95 Å². The number of imidazole rings is 1. The first-order chi connectivity index (χ1) is 10.0. The zero-order valence-corrected chi connectivity index (χ0v) is 12.3. The van der Waals surface area contributed by atoms with Crippen LogP contribution in [0.1, 0.15) is 5.56 Å². The fraction of sp³-hybridized carbons (Fsp3) is 0.133. The Balaban J connectivity index is 2.37. The van der Waals surface area contributed by atoms with Gasteiger partial charge in [-0.2, -0.15) is 0 Å². The van der Waals surface area contributed by atoms with Gasteiger partial charge >= 0.3 is 0 Å². The van der Waals surface area contributed by atoms with Gasteiger partial charge in [-0.15, -0.1) is 0 Å². The summed E-state index contributed by atoms with van der Waals surface area (Å²) >= 11 is 6.06. The SMILES string of the molecule is COc1ccc(Cl)cc1-n1c(N)nc2cc(F)c(C)cc21. The van der Waals surface area contributed by atoms with Crippen molar-refractivity contribution in [3.8, 4) is 11.4 Å². The van der Waals surface area contributed by atoms with Crippen LogP contribution in [0.2, 0.25) is 5.02 Å². The molecule has 1 heterocycles. The van der Waals surface area contributed by atoms with E-state index in [9.17, 15) is 4.39 Å².